The van der Waals surface area contributed by atoms with Crippen molar-refractivity contribution in [2.24, 2.45) is 0 Å². The van der Waals surface area contributed by atoms with E-state index in [-0.39, 0.29) is 5.28 Å². The second kappa shape index (κ2) is 6.61. The van der Waals surface area contributed by atoms with Crippen LogP contribution in [-0.2, 0) is 0 Å². The van der Waals surface area contributed by atoms with E-state index in [2.05, 4.69) is 46.4 Å². The second-order valence-corrected chi connectivity index (χ2v) is 7.95. The maximum atomic E-state index is 6.38. The molecule has 0 aliphatic carbocycles. The lowest BCUT2D eigenvalue weighted by molar-refractivity contribution is 1.24. The van der Waals surface area contributed by atoms with E-state index in [1.807, 2.05) is 36.4 Å². The monoisotopic (exact) mass is 406 g/mol. The fraction of sp³-hybridized carbons (Fsp3) is 0. The first-order valence-corrected chi connectivity index (χ1v) is 9.98. The zero-order valence-corrected chi connectivity index (χ0v) is 16.3. The molecule has 0 amide bonds. The molecule has 0 aliphatic rings. The average Bonchev–Trinajstić information content (AvgIpc) is 3.08. The Balaban J connectivity index is 1.71. The Morgan fingerprint density at radius 2 is 1.33 bits per heavy atom. The third-order valence-electron chi connectivity index (χ3n) is 4.53. The van der Waals surface area contributed by atoms with Gasteiger partial charge in [-0.3, -0.25) is 0 Å². The molecule has 5 heteroatoms. The minimum absolute atomic E-state index is 0.240. The smallest absolute Gasteiger partial charge is 0.216 e. The molecule has 27 heavy (non-hydrogen) atoms. The van der Waals surface area contributed by atoms with Crippen LogP contribution >= 0.6 is 34.5 Å². The maximum absolute atomic E-state index is 6.38. The van der Waals surface area contributed by atoms with Gasteiger partial charge < -0.3 is 0 Å². The van der Waals surface area contributed by atoms with Gasteiger partial charge in [0.2, 0.25) is 5.28 Å². The summed E-state index contributed by atoms with van der Waals surface area (Å²) in [5.41, 5.74) is 5.03. The topological polar surface area (TPSA) is 25.8 Å². The van der Waals surface area contributed by atoms with Crippen LogP contribution < -0.4 is 0 Å². The first-order chi connectivity index (χ1) is 13.2. The van der Waals surface area contributed by atoms with Crippen molar-refractivity contribution in [2.45, 2.75) is 0 Å². The Morgan fingerprint density at radius 3 is 2.11 bits per heavy atom. The lowest BCUT2D eigenvalue weighted by atomic mass is 10.0. The standard InChI is InChI=1S/C22H12Cl2N2S/c23-17-8-4-7-16-19-21(27-20(16)17)18(25-22(24)26-19)15-11-9-14(10-12-15)13-5-2-1-3-6-13/h1-12H. The van der Waals surface area contributed by atoms with Gasteiger partial charge in [-0.25, -0.2) is 9.97 Å². The number of benzene rings is 3. The molecule has 0 spiro atoms. The summed E-state index contributed by atoms with van der Waals surface area (Å²) in [6, 6.07) is 24.5. The van der Waals surface area contributed by atoms with E-state index >= 15 is 0 Å². The van der Waals surface area contributed by atoms with Gasteiger partial charge in [0.25, 0.3) is 0 Å². The number of rotatable bonds is 2. The lowest BCUT2D eigenvalue weighted by Gasteiger charge is -2.06. The Morgan fingerprint density at radius 1 is 0.630 bits per heavy atom. The first-order valence-electron chi connectivity index (χ1n) is 8.41. The molecule has 0 atom stereocenters. The molecule has 0 bridgehead atoms. The molecule has 0 N–H and O–H groups in total. The van der Waals surface area contributed by atoms with Crippen LogP contribution in [0.2, 0.25) is 10.3 Å². The third-order valence-corrected chi connectivity index (χ3v) is 6.36. The zero-order valence-electron chi connectivity index (χ0n) is 14.0. The van der Waals surface area contributed by atoms with Crippen LogP contribution in [0.3, 0.4) is 0 Å². The summed E-state index contributed by atoms with van der Waals surface area (Å²) in [6.45, 7) is 0. The second-order valence-electron chi connectivity index (χ2n) is 6.18. The molecule has 2 aromatic heterocycles. The summed E-state index contributed by atoms with van der Waals surface area (Å²) in [5, 5.41) is 1.97. The highest BCUT2D eigenvalue weighted by molar-refractivity contribution is 7.26. The van der Waals surface area contributed by atoms with Gasteiger partial charge >= 0.3 is 0 Å². The highest BCUT2D eigenvalue weighted by Crippen LogP contribution is 2.41. The fourth-order valence-corrected chi connectivity index (χ4v) is 4.87. The molecule has 0 saturated heterocycles. The summed E-state index contributed by atoms with van der Waals surface area (Å²) in [7, 11) is 0. The molecule has 3 aromatic carbocycles. The maximum Gasteiger partial charge on any atom is 0.223 e. The van der Waals surface area contributed by atoms with Crippen LogP contribution in [0.4, 0.5) is 0 Å². The third kappa shape index (κ3) is 2.88. The van der Waals surface area contributed by atoms with Gasteiger partial charge in [0, 0.05) is 10.9 Å². The van der Waals surface area contributed by atoms with Crippen molar-refractivity contribution in [2.75, 3.05) is 0 Å². The van der Waals surface area contributed by atoms with E-state index in [4.69, 9.17) is 23.2 Å². The number of fused-ring (bicyclic) bond motifs is 3. The van der Waals surface area contributed by atoms with Crippen LogP contribution in [0.5, 0.6) is 0 Å². The van der Waals surface area contributed by atoms with Gasteiger partial charge in [-0.1, -0.05) is 78.3 Å². The van der Waals surface area contributed by atoms with Crippen molar-refractivity contribution >= 4 is 54.8 Å². The molecule has 5 aromatic rings. The first kappa shape index (κ1) is 16.7. The summed E-state index contributed by atoms with van der Waals surface area (Å²) >= 11 is 14.2. The Labute approximate surface area is 170 Å². The van der Waals surface area contributed by atoms with Gasteiger partial charge in [0.1, 0.15) is 0 Å². The largest absolute Gasteiger partial charge is 0.223 e. The highest BCUT2D eigenvalue weighted by Gasteiger charge is 2.16. The van der Waals surface area contributed by atoms with Crippen molar-refractivity contribution in [1.29, 1.82) is 0 Å². The minimum atomic E-state index is 0.240. The van der Waals surface area contributed by atoms with E-state index in [1.165, 1.54) is 5.56 Å². The van der Waals surface area contributed by atoms with Crippen molar-refractivity contribution in [1.82, 2.24) is 9.97 Å². The van der Waals surface area contributed by atoms with E-state index in [1.54, 1.807) is 11.3 Å². The summed E-state index contributed by atoms with van der Waals surface area (Å²) in [4.78, 5) is 8.98. The van der Waals surface area contributed by atoms with Crippen LogP contribution in [-0.4, -0.2) is 9.97 Å². The molecule has 2 nitrogen and oxygen atoms in total. The lowest BCUT2D eigenvalue weighted by Crippen LogP contribution is -1.89. The van der Waals surface area contributed by atoms with Crippen molar-refractivity contribution in [3.8, 4) is 22.4 Å². The highest BCUT2D eigenvalue weighted by atomic mass is 35.5. The zero-order chi connectivity index (χ0) is 18.4. The van der Waals surface area contributed by atoms with Crippen molar-refractivity contribution in [3.05, 3.63) is 83.1 Å². The van der Waals surface area contributed by atoms with E-state index in [0.717, 1.165) is 42.1 Å². The van der Waals surface area contributed by atoms with Gasteiger partial charge in [0.05, 0.1) is 25.6 Å². The van der Waals surface area contributed by atoms with Crippen molar-refractivity contribution < 1.29 is 0 Å². The average molecular weight is 407 g/mol. The fourth-order valence-electron chi connectivity index (χ4n) is 3.25. The van der Waals surface area contributed by atoms with E-state index in [9.17, 15) is 0 Å². The molecule has 2 heterocycles. The molecule has 0 fully saturated rings. The molecule has 0 radical (unpaired) electrons. The minimum Gasteiger partial charge on any atom is -0.216 e. The number of aromatic nitrogens is 2. The molecular weight excluding hydrogens is 395 g/mol. The van der Waals surface area contributed by atoms with Gasteiger partial charge in [-0.2, -0.15) is 0 Å². The molecule has 0 aliphatic heterocycles. The number of nitrogens with zero attached hydrogens (tertiary/aromatic N) is 2. The Bertz CT molecular complexity index is 1280. The van der Waals surface area contributed by atoms with Crippen LogP contribution in [0.15, 0.2) is 72.8 Å². The number of hydrogen-bond donors (Lipinski definition) is 0. The summed E-state index contributed by atoms with van der Waals surface area (Å²) < 4.78 is 2.00. The van der Waals surface area contributed by atoms with Gasteiger partial charge in [-0.15, -0.1) is 11.3 Å². The van der Waals surface area contributed by atoms with E-state index < -0.39 is 0 Å². The molecule has 0 unspecified atom stereocenters. The summed E-state index contributed by atoms with van der Waals surface area (Å²) in [6.07, 6.45) is 0. The molecule has 130 valence electrons. The van der Waals surface area contributed by atoms with E-state index in [0.29, 0.717) is 0 Å². The number of halogens is 2. The Hall–Kier alpha value is -2.46. The number of thiophene rings is 1. The Kier molecular flexibility index (Phi) is 4.09. The number of hydrogen-bond acceptors (Lipinski definition) is 3. The van der Waals surface area contributed by atoms with Gasteiger partial charge in [0.15, 0.2) is 0 Å². The molecule has 5 rings (SSSR count). The van der Waals surface area contributed by atoms with Crippen LogP contribution in [0.25, 0.3) is 42.7 Å². The predicted molar refractivity (Wildman–Crippen MR) is 116 cm³/mol. The quantitative estimate of drug-likeness (QED) is 0.283. The SMILES string of the molecule is Clc1nc(-c2ccc(-c3ccccc3)cc2)c2sc3c(Cl)cccc3c2n1. The van der Waals surface area contributed by atoms with Gasteiger partial charge in [-0.05, 0) is 28.8 Å². The summed E-state index contributed by atoms with van der Waals surface area (Å²) in [5.74, 6) is 0. The predicted octanol–water partition coefficient (Wildman–Crippen LogP) is 7.49. The molecular formula is C22H12Cl2N2S. The normalized spacial score (nSPS) is 11.3. The van der Waals surface area contributed by atoms with Crippen molar-refractivity contribution in [3.63, 3.8) is 0 Å². The molecule has 0 saturated carbocycles. The van der Waals surface area contributed by atoms with Crippen LogP contribution in [0.1, 0.15) is 0 Å². The van der Waals surface area contributed by atoms with Crippen LogP contribution in [0, 0.1) is 0 Å².